The zero-order chi connectivity index (χ0) is 22.4. The van der Waals surface area contributed by atoms with Gasteiger partial charge in [-0.1, -0.05) is 32.9 Å². The van der Waals surface area contributed by atoms with E-state index in [1.165, 1.54) is 4.31 Å². The average molecular weight is 447 g/mol. The van der Waals surface area contributed by atoms with E-state index in [-0.39, 0.29) is 25.3 Å². The number of carbonyl (C=O) groups is 1. The molecule has 2 aliphatic rings. The van der Waals surface area contributed by atoms with Gasteiger partial charge in [-0.05, 0) is 40.8 Å². The van der Waals surface area contributed by atoms with Gasteiger partial charge in [-0.3, -0.25) is 9.10 Å². The minimum atomic E-state index is -3.60. The van der Waals surface area contributed by atoms with E-state index in [4.69, 9.17) is 14.2 Å². The van der Waals surface area contributed by atoms with E-state index < -0.39 is 22.0 Å². The Kier molecular flexibility index (Phi) is 5.25. The lowest BCUT2D eigenvalue weighted by atomic mass is 9.86. The lowest BCUT2D eigenvalue weighted by molar-refractivity contribution is -0.127. The SMILES string of the molecule is CC(C)(C)c1ccc2c(c1)N(S(C)(=O)=O)C[C@@H](C(=O)NCc1ccc3c(c1)OCO3)O2. The summed E-state index contributed by atoms with van der Waals surface area (Å²) in [6, 6.07) is 10.9. The molecule has 0 unspecified atom stereocenters. The quantitative estimate of drug-likeness (QED) is 0.776. The molecule has 0 saturated heterocycles. The highest BCUT2D eigenvalue weighted by Gasteiger charge is 2.35. The molecule has 2 aromatic carbocycles. The fourth-order valence-electron chi connectivity index (χ4n) is 3.52. The highest BCUT2D eigenvalue weighted by Crippen LogP contribution is 2.38. The fourth-order valence-corrected chi connectivity index (χ4v) is 4.43. The maximum atomic E-state index is 12.8. The zero-order valence-corrected chi connectivity index (χ0v) is 18.8. The Hall–Kier alpha value is -2.94. The Bertz CT molecular complexity index is 1120. The number of carbonyl (C=O) groups excluding carboxylic acids is 1. The summed E-state index contributed by atoms with van der Waals surface area (Å²) in [6.45, 7) is 6.50. The van der Waals surface area contributed by atoms with Crippen molar-refractivity contribution in [1.82, 2.24) is 5.32 Å². The molecule has 0 saturated carbocycles. The molecular weight excluding hydrogens is 420 g/mol. The van der Waals surface area contributed by atoms with E-state index in [0.29, 0.717) is 22.9 Å². The second kappa shape index (κ2) is 7.64. The van der Waals surface area contributed by atoms with Gasteiger partial charge in [0.15, 0.2) is 17.6 Å². The smallest absolute Gasteiger partial charge is 0.263 e. The number of rotatable bonds is 4. The van der Waals surface area contributed by atoms with Crippen LogP contribution in [0.4, 0.5) is 5.69 Å². The van der Waals surface area contributed by atoms with E-state index in [1.807, 2.05) is 18.2 Å². The first-order valence-electron chi connectivity index (χ1n) is 9.97. The molecule has 9 heteroatoms. The first-order valence-corrected chi connectivity index (χ1v) is 11.8. The van der Waals surface area contributed by atoms with Gasteiger partial charge < -0.3 is 19.5 Å². The number of hydrogen-bond acceptors (Lipinski definition) is 6. The summed E-state index contributed by atoms with van der Waals surface area (Å²) in [6.07, 6.45) is 0.171. The molecule has 0 aliphatic carbocycles. The molecule has 2 heterocycles. The van der Waals surface area contributed by atoms with Crippen LogP contribution in [0.2, 0.25) is 0 Å². The maximum absolute atomic E-state index is 12.8. The lowest BCUT2D eigenvalue weighted by Crippen LogP contribution is -2.50. The number of benzene rings is 2. The Morgan fingerprint density at radius 1 is 1.10 bits per heavy atom. The molecule has 0 fully saturated rings. The lowest BCUT2D eigenvalue weighted by Gasteiger charge is -2.35. The van der Waals surface area contributed by atoms with Crippen LogP contribution in [0.15, 0.2) is 36.4 Å². The van der Waals surface area contributed by atoms with Crippen LogP contribution in [0.3, 0.4) is 0 Å². The summed E-state index contributed by atoms with van der Waals surface area (Å²) < 4.78 is 42.7. The standard InChI is InChI=1S/C22H26N2O6S/c1-22(2,3)15-6-8-17-16(10-15)24(31(4,26)27)12-20(30-17)21(25)23-11-14-5-7-18-19(9-14)29-13-28-18/h5-10,20H,11-13H2,1-4H3,(H,23,25)/t20-/m0/s1. The van der Waals surface area contributed by atoms with Gasteiger partial charge in [0.25, 0.3) is 5.91 Å². The third-order valence-corrected chi connectivity index (χ3v) is 6.44. The first-order chi connectivity index (χ1) is 14.5. The Balaban J connectivity index is 1.53. The maximum Gasteiger partial charge on any atom is 0.263 e. The second-order valence-corrected chi connectivity index (χ2v) is 10.6. The van der Waals surface area contributed by atoms with Gasteiger partial charge in [0.05, 0.1) is 18.5 Å². The van der Waals surface area contributed by atoms with Crippen molar-refractivity contribution in [3.63, 3.8) is 0 Å². The number of anilines is 1. The molecule has 1 amide bonds. The van der Waals surface area contributed by atoms with Crippen LogP contribution in [-0.2, 0) is 26.8 Å². The minimum absolute atomic E-state index is 0.0909. The predicted octanol–water partition coefficient (Wildman–Crippen LogP) is 2.56. The first kappa shape index (κ1) is 21.3. The number of fused-ring (bicyclic) bond motifs is 2. The van der Waals surface area contributed by atoms with Crippen molar-refractivity contribution >= 4 is 21.6 Å². The summed E-state index contributed by atoms with van der Waals surface area (Å²) in [4.78, 5) is 12.8. The topological polar surface area (TPSA) is 94.2 Å². The van der Waals surface area contributed by atoms with Crippen LogP contribution in [0.1, 0.15) is 31.9 Å². The molecule has 0 spiro atoms. The van der Waals surface area contributed by atoms with Crippen molar-refractivity contribution in [3.05, 3.63) is 47.5 Å². The van der Waals surface area contributed by atoms with E-state index in [0.717, 1.165) is 17.4 Å². The fraction of sp³-hybridized carbons (Fsp3) is 0.409. The Morgan fingerprint density at radius 3 is 2.52 bits per heavy atom. The van der Waals surface area contributed by atoms with Gasteiger partial charge in [-0.25, -0.2) is 8.42 Å². The predicted molar refractivity (Wildman–Crippen MR) is 116 cm³/mol. The Labute approximate surface area is 182 Å². The number of hydrogen-bond donors (Lipinski definition) is 1. The average Bonchev–Trinajstić information content (AvgIpc) is 3.17. The number of nitrogens with zero attached hydrogens (tertiary/aromatic N) is 1. The number of ether oxygens (including phenoxy) is 3. The molecule has 4 rings (SSSR count). The molecule has 1 atom stereocenters. The van der Waals surface area contributed by atoms with Crippen LogP contribution in [-0.4, -0.2) is 40.0 Å². The van der Waals surface area contributed by atoms with Gasteiger partial charge in [0.1, 0.15) is 5.75 Å². The number of amides is 1. The van der Waals surface area contributed by atoms with Crippen molar-refractivity contribution < 1.29 is 27.4 Å². The molecule has 8 nitrogen and oxygen atoms in total. The molecule has 166 valence electrons. The Morgan fingerprint density at radius 2 is 1.81 bits per heavy atom. The molecule has 2 aromatic rings. The molecule has 0 radical (unpaired) electrons. The van der Waals surface area contributed by atoms with E-state index in [2.05, 4.69) is 26.1 Å². The molecule has 0 aromatic heterocycles. The van der Waals surface area contributed by atoms with Gasteiger partial charge in [0, 0.05) is 6.54 Å². The van der Waals surface area contributed by atoms with Gasteiger partial charge in [-0.2, -0.15) is 0 Å². The van der Waals surface area contributed by atoms with Crippen molar-refractivity contribution in [2.75, 3.05) is 23.9 Å². The number of sulfonamides is 1. The van der Waals surface area contributed by atoms with Crippen molar-refractivity contribution in [2.45, 2.75) is 38.8 Å². The summed E-state index contributed by atoms with van der Waals surface area (Å²) >= 11 is 0. The molecule has 1 N–H and O–H groups in total. The van der Waals surface area contributed by atoms with Crippen molar-refractivity contribution in [3.8, 4) is 17.2 Å². The monoisotopic (exact) mass is 446 g/mol. The van der Waals surface area contributed by atoms with E-state index in [1.54, 1.807) is 18.2 Å². The van der Waals surface area contributed by atoms with Gasteiger partial charge >= 0.3 is 0 Å². The molecule has 0 bridgehead atoms. The third kappa shape index (κ3) is 4.41. The van der Waals surface area contributed by atoms with E-state index >= 15 is 0 Å². The van der Waals surface area contributed by atoms with Gasteiger partial charge in [0.2, 0.25) is 16.8 Å². The molecule has 2 aliphatic heterocycles. The molecular formula is C22H26N2O6S. The third-order valence-electron chi connectivity index (χ3n) is 5.29. The second-order valence-electron chi connectivity index (χ2n) is 8.74. The normalized spacial score (nSPS) is 17.7. The summed E-state index contributed by atoms with van der Waals surface area (Å²) in [5, 5.41) is 2.82. The van der Waals surface area contributed by atoms with Crippen molar-refractivity contribution in [2.24, 2.45) is 0 Å². The largest absolute Gasteiger partial charge is 0.476 e. The summed E-state index contributed by atoms with van der Waals surface area (Å²) in [7, 11) is -3.60. The minimum Gasteiger partial charge on any atom is -0.476 e. The van der Waals surface area contributed by atoms with Crippen molar-refractivity contribution in [1.29, 1.82) is 0 Å². The van der Waals surface area contributed by atoms with E-state index in [9.17, 15) is 13.2 Å². The van der Waals surface area contributed by atoms with Crippen LogP contribution in [0, 0.1) is 0 Å². The van der Waals surface area contributed by atoms with Crippen LogP contribution in [0.25, 0.3) is 0 Å². The van der Waals surface area contributed by atoms with Crippen LogP contribution < -0.4 is 23.8 Å². The van der Waals surface area contributed by atoms with Crippen LogP contribution in [0.5, 0.6) is 17.2 Å². The van der Waals surface area contributed by atoms with Crippen LogP contribution >= 0.6 is 0 Å². The highest BCUT2D eigenvalue weighted by atomic mass is 32.2. The molecule has 31 heavy (non-hydrogen) atoms. The highest BCUT2D eigenvalue weighted by molar-refractivity contribution is 7.92. The summed E-state index contributed by atoms with van der Waals surface area (Å²) in [5.41, 5.74) is 2.12. The zero-order valence-electron chi connectivity index (χ0n) is 18.0. The van der Waals surface area contributed by atoms with Gasteiger partial charge in [-0.15, -0.1) is 0 Å². The number of nitrogens with one attached hydrogen (secondary N) is 1. The summed E-state index contributed by atoms with van der Waals surface area (Å²) in [5.74, 6) is 1.28.